The first-order valence-corrected chi connectivity index (χ1v) is 6.92. The summed E-state index contributed by atoms with van der Waals surface area (Å²) < 4.78 is 23.3. The molecule has 0 radical (unpaired) electrons. The van der Waals surface area contributed by atoms with Gasteiger partial charge in [-0.3, -0.25) is 0 Å². The van der Waals surface area contributed by atoms with Crippen LogP contribution in [0.4, 0.5) is 0 Å². The Hall–Kier alpha value is -1.02. The first-order valence-electron chi connectivity index (χ1n) is 4.86. The third kappa shape index (κ3) is 4.78. The number of hydrazine groups is 1. The van der Waals surface area contributed by atoms with Crippen LogP contribution < -0.4 is 10.6 Å². The van der Waals surface area contributed by atoms with Crippen molar-refractivity contribution in [3.8, 4) is 0 Å². The standard InChI is InChI=1S/C10H15N3O2S2/c1-13(2)12-17(14,15)7-8-3-5-9(6-4-8)10(11)16/h3-6,12H,7H2,1-2H3,(H2,11,16). The maximum absolute atomic E-state index is 11.6. The lowest BCUT2D eigenvalue weighted by Gasteiger charge is -2.12. The summed E-state index contributed by atoms with van der Waals surface area (Å²) in [6, 6.07) is 6.82. The van der Waals surface area contributed by atoms with E-state index in [2.05, 4.69) is 4.83 Å². The van der Waals surface area contributed by atoms with Crippen molar-refractivity contribution in [1.82, 2.24) is 9.84 Å². The lowest BCUT2D eigenvalue weighted by Crippen LogP contribution is -2.36. The zero-order valence-corrected chi connectivity index (χ0v) is 11.3. The first-order chi connectivity index (χ1) is 7.80. The van der Waals surface area contributed by atoms with E-state index in [9.17, 15) is 8.42 Å². The molecule has 1 rings (SSSR count). The molecular formula is C10H15N3O2S2. The van der Waals surface area contributed by atoms with Crippen LogP contribution in [-0.2, 0) is 15.8 Å². The third-order valence-corrected chi connectivity index (χ3v) is 3.51. The summed E-state index contributed by atoms with van der Waals surface area (Å²) in [5.74, 6) is -0.0806. The molecule has 7 heteroatoms. The van der Waals surface area contributed by atoms with Gasteiger partial charge in [0.1, 0.15) is 4.99 Å². The van der Waals surface area contributed by atoms with Crippen molar-refractivity contribution in [3.05, 3.63) is 35.4 Å². The smallest absolute Gasteiger partial charge is 0.228 e. The van der Waals surface area contributed by atoms with Gasteiger partial charge in [0.05, 0.1) is 5.75 Å². The second-order valence-electron chi connectivity index (χ2n) is 3.81. The fourth-order valence-corrected chi connectivity index (χ4v) is 2.68. The van der Waals surface area contributed by atoms with Crippen LogP contribution in [0.25, 0.3) is 0 Å². The van der Waals surface area contributed by atoms with Gasteiger partial charge in [0.25, 0.3) is 0 Å². The molecule has 3 N–H and O–H groups in total. The van der Waals surface area contributed by atoms with E-state index in [1.54, 1.807) is 38.4 Å². The Labute approximate surface area is 107 Å². The summed E-state index contributed by atoms with van der Waals surface area (Å²) in [6.07, 6.45) is 0. The Balaban J connectivity index is 2.79. The fourth-order valence-electron chi connectivity index (χ4n) is 1.30. The number of sulfonamides is 1. The van der Waals surface area contributed by atoms with Gasteiger partial charge in [-0.15, -0.1) is 4.83 Å². The Kier molecular flexibility index (Phi) is 4.58. The van der Waals surface area contributed by atoms with Crippen molar-refractivity contribution >= 4 is 27.2 Å². The lowest BCUT2D eigenvalue weighted by molar-refractivity contribution is 0.363. The van der Waals surface area contributed by atoms with E-state index in [4.69, 9.17) is 18.0 Å². The molecule has 0 saturated heterocycles. The first kappa shape index (κ1) is 14.0. The monoisotopic (exact) mass is 273 g/mol. The molecule has 1 aromatic rings. The van der Waals surface area contributed by atoms with Crippen LogP contribution in [0.5, 0.6) is 0 Å². The van der Waals surface area contributed by atoms with Crippen LogP contribution in [0, 0.1) is 0 Å². The van der Waals surface area contributed by atoms with Crippen molar-refractivity contribution < 1.29 is 8.42 Å². The van der Waals surface area contributed by atoms with Gasteiger partial charge in [0.2, 0.25) is 10.0 Å². The van der Waals surface area contributed by atoms with Gasteiger partial charge in [-0.25, -0.2) is 13.4 Å². The van der Waals surface area contributed by atoms with E-state index >= 15 is 0 Å². The van der Waals surface area contributed by atoms with Crippen molar-refractivity contribution in [3.63, 3.8) is 0 Å². The number of hydrogen-bond donors (Lipinski definition) is 2. The number of nitrogens with zero attached hydrogens (tertiary/aromatic N) is 1. The summed E-state index contributed by atoms with van der Waals surface area (Å²) in [7, 11) is -0.118. The average molecular weight is 273 g/mol. The molecule has 0 aliphatic heterocycles. The highest BCUT2D eigenvalue weighted by atomic mass is 32.2. The topological polar surface area (TPSA) is 75.4 Å². The molecule has 17 heavy (non-hydrogen) atoms. The van der Waals surface area contributed by atoms with Gasteiger partial charge < -0.3 is 5.73 Å². The second kappa shape index (κ2) is 5.54. The minimum Gasteiger partial charge on any atom is -0.389 e. The molecule has 0 saturated carbocycles. The summed E-state index contributed by atoms with van der Waals surface area (Å²) in [6.45, 7) is 0. The summed E-state index contributed by atoms with van der Waals surface area (Å²) in [5, 5.41) is 1.39. The predicted octanol–water partition coefficient (Wildman–Crippen LogP) is 0.217. The highest BCUT2D eigenvalue weighted by Crippen LogP contribution is 2.07. The lowest BCUT2D eigenvalue weighted by atomic mass is 10.1. The molecule has 0 aliphatic carbocycles. The molecular weight excluding hydrogens is 258 g/mol. The van der Waals surface area contributed by atoms with Crippen LogP contribution in [0.15, 0.2) is 24.3 Å². The SMILES string of the molecule is CN(C)NS(=O)(=O)Cc1ccc(C(N)=S)cc1. The quantitative estimate of drug-likeness (QED) is 0.593. The molecule has 1 aromatic carbocycles. The average Bonchev–Trinajstić information content (AvgIpc) is 2.15. The van der Waals surface area contributed by atoms with Gasteiger partial charge >= 0.3 is 0 Å². The number of hydrogen-bond acceptors (Lipinski definition) is 4. The maximum Gasteiger partial charge on any atom is 0.228 e. The van der Waals surface area contributed by atoms with E-state index in [-0.39, 0.29) is 5.75 Å². The molecule has 0 bridgehead atoms. The predicted molar refractivity (Wildman–Crippen MR) is 71.8 cm³/mol. The highest BCUT2D eigenvalue weighted by molar-refractivity contribution is 7.88. The van der Waals surface area contributed by atoms with Crippen LogP contribution in [0.3, 0.4) is 0 Å². The Morgan fingerprint density at radius 1 is 1.35 bits per heavy atom. The highest BCUT2D eigenvalue weighted by Gasteiger charge is 2.12. The molecule has 0 spiro atoms. The zero-order chi connectivity index (χ0) is 13.1. The Morgan fingerprint density at radius 3 is 2.29 bits per heavy atom. The summed E-state index contributed by atoms with van der Waals surface area (Å²) >= 11 is 4.81. The van der Waals surface area contributed by atoms with Crippen LogP contribution in [0.1, 0.15) is 11.1 Å². The fraction of sp³-hybridized carbons (Fsp3) is 0.300. The van der Waals surface area contributed by atoms with E-state index in [0.29, 0.717) is 10.6 Å². The number of thiocarbonyl (C=S) groups is 1. The molecule has 0 aromatic heterocycles. The molecule has 0 amide bonds. The zero-order valence-electron chi connectivity index (χ0n) is 9.67. The van der Waals surface area contributed by atoms with Gasteiger partial charge in [-0.05, 0) is 5.56 Å². The minimum absolute atomic E-state index is 0.0806. The second-order valence-corrected chi connectivity index (χ2v) is 5.95. The van der Waals surface area contributed by atoms with E-state index in [1.807, 2.05) is 0 Å². The molecule has 0 heterocycles. The third-order valence-electron chi connectivity index (χ3n) is 1.92. The van der Waals surface area contributed by atoms with Gasteiger partial charge in [0.15, 0.2) is 0 Å². The molecule has 94 valence electrons. The van der Waals surface area contributed by atoms with Crippen molar-refractivity contribution in [2.45, 2.75) is 5.75 Å². The maximum atomic E-state index is 11.6. The largest absolute Gasteiger partial charge is 0.389 e. The van der Waals surface area contributed by atoms with Gasteiger partial charge in [0, 0.05) is 19.7 Å². The summed E-state index contributed by atoms with van der Waals surface area (Å²) in [4.78, 5) is 2.66. The number of nitrogens with two attached hydrogens (primary N) is 1. The molecule has 0 aliphatic rings. The van der Waals surface area contributed by atoms with Crippen LogP contribution in [0.2, 0.25) is 0 Å². The minimum atomic E-state index is -3.36. The van der Waals surface area contributed by atoms with Gasteiger partial charge in [-0.2, -0.15) is 0 Å². The molecule has 0 unspecified atom stereocenters. The normalized spacial score (nSPS) is 11.7. The van der Waals surface area contributed by atoms with E-state index < -0.39 is 10.0 Å². The van der Waals surface area contributed by atoms with E-state index in [0.717, 1.165) is 5.56 Å². The van der Waals surface area contributed by atoms with Crippen LogP contribution in [-0.4, -0.2) is 32.5 Å². The Bertz CT molecular complexity index is 495. The Morgan fingerprint density at radius 2 is 1.88 bits per heavy atom. The molecule has 0 fully saturated rings. The summed E-state index contributed by atoms with van der Waals surface area (Å²) in [5.41, 5.74) is 6.85. The number of rotatable bonds is 5. The molecule has 0 atom stereocenters. The van der Waals surface area contributed by atoms with Gasteiger partial charge in [-0.1, -0.05) is 36.5 Å². The van der Waals surface area contributed by atoms with Crippen molar-refractivity contribution in [2.24, 2.45) is 5.73 Å². The van der Waals surface area contributed by atoms with Crippen molar-refractivity contribution in [1.29, 1.82) is 0 Å². The van der Waals surface area contributed by atoms with E-state index in [1.165, 1.54) is 5.01 Å². The number of nitrogens with one attached hydrogen (secondary N) is 1. The number of benzene rings is 1. The van der Waals surface area contributed by atoms with Crippen LogP contribution >= 0.6 is 12.2 Å². The van der Waals surface area contributed by atoms with Crippen molar-refractivity contribution in [2.75, 3.05) is 14.1 Å². The molecule has 5 nitrogen and oxygen atoms in total.